The van der Waals surface area contributed by atoms with Gasteiger partial charge in [0, 0.05) is 17.3 Å². The van der Waals surface area contributed by atoms with Crippen molar-refractivity contribution in [1.29, 1.82) is 0 Å². The fraction of sp³-hybridized carbons (Fsp3) is 0.391. The van der Waals surface area contributed by atoms with Gasteiger partial charge in [0.05, 0.1) is 19.8 Å². The Bertz CT molecular complexity index is 888. The minimum atomic E-state index is -0.303. The predicted molar refractivity (Wildman–Crippen MR) is 113 cm³/mol. The molecule has 0 unspecified atom stereocenters. The molecule has 0 heterocycles. The van der Waals surface area contributed by atoms with Crippen LogP contribution in [0.4, 0.5) is 5.69 Å². The highest BCUT2D eigenvalue weighted by Crippen LogP contribution is 2.26. The summed E-state index contributed by atoms with van der Waals surface area (Å²) in [4.78, 5) is 25.3. The summed E-state index contributed by atoms with van der Waals surface area (Å²) in [6, 6.07) is 10.6. The lowest BCUT2D eigenvalue weighted by Crippen LogP contribution is -2.36. The van der Waals surface area contributed by atoms with Gasteiger partial charge in [0.2, 0.25) is 0 Å². The maximum absolute atomic E-state index is 12.8. The Hall–Kier alpha value is -3.02. The highest BCUT2D eigenvalue weighted by Gasteiger charge is 2.18. The monoisotopic (exact) mass is 396 g/mol. The molecule has 0 aliphatic heterocycles. The molecule has 2 aromatic rings. The van der Waals surface area contributed by atoms with Crippen LogP contribution in [0.15, 0.2) is 36.4 Å². The van der Waals surface area contributed by atoms with Gasteiger partial charge in [0.25, 0.3) is 11.8 Å². The molecule has 0 aromatic heterocycles. The summed E-state index contributed by atoms with van der Waals surface area (Å²) >= 11 is 0. The number of methoxy groups -OCH3 is 2. The molecular weight excluding hydrogens is 368 g/mol. The van der Waals surface area contributed by atoms with Crippen LogP contribution >= 0.6 is 0 Å². The van der Waals surface area contributed by atoms with Gasteiger partial charge in [-0.1, -0.05) is 19.3 Å². The van der Waals surface area contributed by atoms with E-state index in [2.05, 4.69) is 10.6 Å². The Kier molecular flexibility index (Phi) is 6.75. The number of carbonyl (C=O) groups is 2. The number of rotatable bonds is 6. The van der Waals surface area contributed by atoms with Crippen LogP contribution in [-0.2, 0) is 0 Å². The van der Waals surface area contributed by atoms with Gasteiger partial charge in [0.15, 0.2) is 0 Å². The number of benzene rings is 2. The molecule has 1 aliphatic rings. The van der Waals surface area contributed by atoms with Gasteiger partial charge in [-0.05, 0) is 61.7 Å². The lowest BCUT2D eigenvalue weighted by atomic mass is 9.95. The van der Waals surface area contributed by atoms with Crippen molar-refractivity contribution in [3.05, 3.63) is 53.1 Å². The van der Waals surface area contributed by atoms with Crippen molar-refractivity contribution < 1.29 is 19.1 Å². The van der Waals surface area contributed by atoms with Crippen molar-refractivity contribution in [3.8, 4) is 11.5 Å². The van der Waals surface area contributed by atoms with Gasteiger partial charge >= 0.3 is 0 Å². The number of hydrogen-bond acceptors (Lipinski definition) is 4. The SMILES string of the molecule is COc1ccc(OC)c(C(=O)Nc2ccc(C(=O)NC3CCCCC3)cc2C)c1. The Morgan fingerprint density at radius 2 is 1.69 bits per heavy atom. The van der Waals surface area contributed by atoms with E-state index in [0.717, 1.165) is 18.4 Å². The predicted octanol–water partition coefficient (Wildman–Crippen LogP) is 4.33. The molecule has 6 nitrogen and oxygen atoms in total. The lowest BCUT2D eigenvalue weighted by Gasteiger charge is -2.23. The molecule has 0 spiro atoms. The molecule has 1 saturated carbocycles. The normalized spacial score (nSPS) is 14.2. The first-order valence-electron chi connectivity index (χ1n) is 9.96. The van der Waals surface area contributed by atoms with Gasteiger partial charge < -0.3 is 20.1 Å². The van der Waals surface area contributed by atoms with Crippen molar-refractivity contribution in [2.24, 2.45) is 0 Å². The van der Waals surface area contributed by atoms with Crippen molar-refractivity contribution in [2.75, 3.05) is 19.5 Å². The number of nitrogens with one attached hydrogen (secondary N) is 2. The van der Waals surface area contributed by atoms with Gasteiger partial charge in [0.1, 0.15) is 11.5 Å². The molecule has 6 heteroatoms. The zero-order chi connectivity index (χ0) is 20.8. The minimum Gasteiger partial charge on any atom is -0.497 e. The standard InChI is InChI=1S/C23H28N2O4/c1-15-13-16(22(26)24-17-7-5-4-6-8-17)9-11-20(15)25-23(27)19-14-18(28-2)10-12-21(19)29-3/h9-14,17H,4-8H2,1-3H3,(H,24,26)(H,25,27). The highest BCUT2D eigenvalue weighted by atomic mass is 16.5. The summed E-state index contributed by atoms with van der Waals surface area (Å²) in [5.41, 5.74) is 2.45. The molecule has 0 saturated heterocycles. The molecule has 1 aliphatic carbocycles. The number of aryl methyl sites for hydroxylation is 1. The number of ether oxygens (including phenoxy) is 2. The number of anilines is 1. The summed E-state index contributed by atoms with van der Waals surface area (Å²) in [6.07, 6.45) is 5.67. The third-order valence-electron chi connectivity index (χ3n) is 5.33. The number of amides is 2. The summed E-state index contributed by atoms with van der Waals surface area (Å²) in [5, 5.41) is 6.01. The molecule has 0 atom stereocenters. The van der Waals surface area contributed by atoms with E-state index in [9.17, 15) is 9.59 Å². The molecule has 3 rings (SSSR count). The molecule has 1 fully saturated rings. The number of carbonyl (C=O) groups excluding carboxylic acids is 2. The van der Waals surface area contributed by atoms with E-state index < -0.39 is 0 Å². The van der Waals surface area contributed by atoms with E-state index in [-0.39, 0.29) is 17.9 Å². The van der Waals surface area contributed by atoms with Crippen LogP contribution in [-0.4, -0.2) is 32.1 Å². The summed E-state index contributed by atoms with van der Waals surface area (Å²) < 4.78 is 10.5. The van der Waals surface area contributed by atoms with Crippen molar-refractivity contribution in [1.82, 2.24) is 5.32 Å². The van der Waals surface area contributed by atoms with Crippen LogP contribution in [0.3, 0.4) is 0 Å². The molecule has 0 bridgehead atoms. The van der Waals surface area contributed by atoms with Gasteiger partial charge in [-0.3, -0.25) is 9.59 Å². The molecule has 154 valence electrons. The van der Waals surface area contributed by atoms with E-state index in [1.165, 1.54) is 26.4 Å². The first kappa shape index (κ1) is 20.7. The van der Waals surface area contributed by atoms with Crippen LogP contribution < -0.4 is 20.1 Å². The maximum atomic E-state index is 12.8. The van der Waals surface area contributed by atoms with Gasteiger partial charge in [-0.25, -0.2) is 0 Å². The largest absolute Gasteiger partial charge is 0.497 e. The fourth-order valence-electron chi connectivity index (χ4n) is 3.64. The molecule has 2 N–H and O–H groups in total. The second kappa shape index (κ2) is 9.45. The smallest absolute Gasteiger partial charge is 0.259 e. The van der Waals surface area contributed by atoms with E-state index in [1.807, 2.05) is 6.92 Å². The van der Waals surface area contributed by atoms with Crippen molar-refractivity contribution in [2.45, 2.75) is 45.1 Å². The average molecular weight is 396 g/mol. The summed E-state index contributed by atoms with van der Waals surface area (Å²) in [6.45, 7) is 1.87. The molecule has 2 aromatic carbocycles. The van der Waals surface area contributed by atoms with Gasteiger partial charge in [-0.2, -0.15) is 0 Å². The van der Waals surface area contributed by atoms with Crippen LogP contribution in [0, 0.1) is 6.92 Å². The zero-order valence-electron chi connectivity index (χ0n) is 17.2. The Morgan fingerprint density at radius 1 is 0.931 bits per heavy atom. The van der Waals surface area contributed by atoms with E-state index >= 15 is 0 Å². The van der Waals surface area contributed by atoms with E-state index in [1.54, 1.807) is 43.5 Å². The first-order chi connectivity index (χ1) is 14.0. The van der Waals surface area contributed by atoms with Crippen molar-refractivity contribution >= 4 is 17.5 Å². The first-order valence-corrected chi connectivity index (χ1v) is 9.96. The third kappa shape index (κ3) is 5.08. The summed E-state index contributed by atoms with van der Waals surface area (Å²) in [5.74, 6) is 0.669. The Labute approximate surface area is 171 Å². The maximum Gasteiger partial charge on any atom is 0.259 e. The van der Waals surface area contributed by atoms with Crippen LogP contribution in [0.2, 0.25) is 0 Å². The second-order valence-electron chi connectivity index (χ2n) is 7.36. The highest BCUT2D eigenvalue weighted by molar-refractivity contribution is 6.07. The summed E-state index contributed by atoms with van der Waals surface area (Å²) in [7, 11) is 3.06. The third-order valence-corrected chi connectivity index (χ3v) is 5.33. The zero-order valence-corrected chi connectivity index (χ0v) is 17.2. The topological polar surface area (TPSA) is 76.7 Å². The van der Waals surface area contributed by atoms with Crippen LogP contribution in [0.5, 0.6) is 11.5 Å². The molecular formula is C23H28N2O4. The fourth-order valence-corrected chi connectivity index (χ4v) is 3.64. The Morgan fingerprint density at radius 3 is 2.34 bits per heavy atom. The number of hydrogen-bond donors (Lipinski definition) is 2. The minimum absolute atomic E-state index is 0.0626. The molecule has 29 heavy (non-hydrogen) atoms. The van der Waals surface area contributed by atoms with Gasteiger partial charge in [-0.15, -0.1) is 0 Å². The van der Waals surface area contributed by atoms with Crippen LogP contribution in [0.1, 0.15) is 58.4 Å². The Balaban J connectivity index is 1.72. The van der Waals surface area contributed by atoms with E-state index in [4.69, 9.17) is 9.47 Å². The second-order valence-corrected chi connectivity index (χ2v) is 7.36. The molecule has 0 radical (unpaired) electrons. The van der Waals surface area contributed by atoms with Crippen LogP contribution in [0.25, 0.3) is 0 Å². The average Bonchev–Trinajstić information content (AvgIpc) is 2.75. The lowest BCUT2D eigenvalue weighted by molar-refractivity contribution is 0.0927. The van der Waals surface area contributed by atoms with E-state index in [0.29, 0.717) is 28.3 Å². The molecule has 2 amide bonds. The quantitative estimate of drug-likeness (QED) is 0.762. The van der Waals surface area contributed by atoms with Crippen molar-refractivity contribution in [3.63, 3.8) is 0 Å².